The summed E-state index contributed by atoms with van der Waals surface area (Å²) in [5.74, 6) is -0.810. The molecule has 1 aromatic rings. The Bertz CT molecular complexity index is 544. The molecule has 2 rings (SSSR count). The van der Waals surface area contributed by atoms with Crippen LogP contribution in [-0.4, -0.2) is 43.9 Å². The molecule has 0 aromatic carbocycles. The molecular weight excluding hydrogens is 281 g/mol. The topological polar surface area (TPSA) is 62.3 Å². The van der Waals surface area contributed by atoms with Crippen molar-refractivity contribution in [1.29, 1.82) is 0 Å². The van der Waals surface area contributed by atoms with E-state index in [0.29, 0.717) is 12.6 Å². The van der Waals surface area contributed by atoms with Crippen LogP contribution in [-0.2, 0) is 10.0 Å². The molecule has 1 aromatic heterocycles. The van der Waals surface area contributed by atoms with Crippen molar-refractivity contribution in [2.24, 2.45) is 0 Å². The Kier molecular flexibility index (Phi) is 5.06. The molecule has 0 amide bonds. The Morgan fingerprint density at radius 1 is 1.50 bits per heavy atom. The zero-order chi connectivity index (χ0) is 14.6. The van der Waals surface area contributed by atoms with Gasteiger partial charge in [0.15, 0.2) is 5.82 Å². The second-order valence-electron chi connectivity index (χ2n) is 5.05. The molecule has 1 atom stereocenters. The third-order valence-electron chi connectivity index (χ3n) is 3.58. The van der Waals surface area contributed by atoms with Crippen molar-refractivity contribution in [1.82, 2.24) is 14.6 Å². The lowest BCUT2D eigenvalue weighted by molar-refractivity contribution is 0.350. The highest BCUT2D eigenvalue weighted by Crippen LogP contribution is 2.17. The molecule has 5 nitrogen and oxygen atoms in total. The standard InChI is InChI=1S/C13H20FN3O2S/c1-17(10-7-11-5-2-3-8-15-11)20(18,19)13-12(14)6-4-9-16-13/h4,6,9,11,15H,2-3,5,7-8,10H2,1H3. The van der Waals surface area contributed by atoms with Crippen LogP contribution < -0.4 is 5.32 Å². The average molecular weight is 301 g/mol. The van der Waals surface area contributed by atoms with Gasteiger partial charge in [-0.25, -0.2) is 17.8 Å². The molecule has 7 heteroatoms. The minimum Gasteiger partial charge on any atom is -0.314 e. The first-order valence-corrected chi connectivity index (χ1v) is 8.26. The van der Waals surface area contributed by atoms with Crippen LogP contribution >= 0.6 is 0 Å². The third-order valence-corrected chi connectivity index (χ3v) is 5.38. The highest BCUT2D eigenvalue weighted by atomic mass is 32.2. The molecule has 1 saturated heterocycles. The number of nitrogens with one attached hydrogen (secondary N) is 1. The smallest absolute Gasteiger partial charge is 0.263 e. The van der Waals surface area contributed by atoms with Gasteiger partial charge in [0.1, 0.15) is 0 Å². The number of pyridine rings is 1. The van der Waals surface area contributed by atoms with E-state index in [2.05, 4.69) is 10.3 Å². The van der Waals surface area contributed by atoms with Gasteiger partial charge in [-0.05, 0) is 37.9 Å². The summed E-state index contributed by atoms with van der Waals surface area (Å²) < 4.78 is 39.2. The third kappa shape index (κ3) is 3.53. The summed E-state index contributed by atoms with van der Waals surface area (Å²) in [6, 6.07) is 2.83. The fraction of sp³-hybridized carbons (Fsp3) is 0.615. The summed E-state index contributed by atoms with van der Waals surface area (Å²) in [6.45, 7) is 1.34. The van der Waals surface area contributed by atoms with Crippen molar-refractivity contribution < 1.29 is 12.8 Å². The number of sulfonamides is 1. The molecule has 0 radical (unpaired) electrons. The zero-order valence-corrected chi connectivity index (χ0v) is 12.4. The number of aromatic nitrogens is 1. The molecule has 20 heavy (non-hydrogen) atoms. The summed E-state index contributed by atoms with van der Waals surface area (Å²) in [4.78, 5) is 3.65. The van der Waals surface area contributed by atoms with Gasteiger partial charge in [0.05, 0.1) is 0 Å². The summed E-state index contributed by atoms with van der Waals surface area (Å²) >= 11 is 0. The van der Waals surface area contributed by atoms with Crippen LogP contribution in [0.3, 0.4) is 0 Å². The van der Waals surface area contributed by atoms with E-state index in [1.54, 1.807) is 0 Å². The van der Waals surface area contributed by atoms with Crippen LogP contribution in [0.4, 0.5) is 4.39 Å². The van der Waals surface area contributed by atoms with E-state index < -0.39 is 20.9 Å². The van der Waals surface area contributed by atoms with Gasteiger partial charge in [-0.1, -0.05) is 6.42 Å². The van der Waals surface area contributed by atoms with Gasteiger partial charge in [0.2, 0.25) is 5.03 Å². The minimum absolute atomic E-state index is 0.343. The predicted molar refractivity (Wildman–Crippen MR) is 74.3 cm³/mol. The van der Waals surface area contributed by atoms with Gasteiger partial charge < -0.3 is 5.32 Å². The highest BCUT2D eigenvalue weighted by Gasteiger charge is 2.26. The van der Waals surface area contributed by atoms with E-state index in [1.165, 1.54) is 36.5 Å². The van der Waals surface area contributed by atoms with Crippen LogP contribution in [0.25, 0.3) is 0 Å². The Labute approximate surface area is 119 Å². The molecule has 0 bridgehead atoms. The summed E-state index contributed by atoms with van der Waals surface area (Å²) in [5.41, 5.74) is 0. The molecule has 2 heterocycles. The van der Waals surface area contributed by atoms with E-state index in [0.717, 1.165) is 25.5 Å². The fourth-order valence-corrected chi connectivity index (χ4v) is 3.49. The monoisotopic (exact) mass is 301 g/mol. The Morgan fingerprint density at radius 3 is 2.95 bits per heavy atom. The summed E-state index contributed by atoms with van der Waals surface area (Å²) in [5, 5.41) is 2.87. The molecular formula is C13H20FN3O2S. The molecule has 1 N–H and O–H groups in total. The lowest BCUT2D eigenvalue weighted by Crippen LogP contribution is -2.38. The largest absolute Gasteiger partial charge is 0.314 e. The molecule has 1 unspecified atom stereocenters. The molecule has 1 aliphatic heterocycles. The first kappa shape index (κ1) is 15.3. The maximum atomic E-state index is 13.6. The van der Waals surface area contributed by atoms with Gasteiger partial charge >= 0.3 is 0 Å². The van der Waals surface area contributed by atoms with Crippen molar-refractivity contribution in [3.63, 3.8) is 0 Å². The van der Waals surface area contributed by atoms with E-state index in [4.69, 9.17) is 0 Å². The van der Waals surface area contributed by atoms with Crippen molar-refractivity contribution in [3.8, 4) is 0 Å². The normalized spacial score (nSPS) is 20.2. The number of rotatable bonds is 5. The average Bonchev–Trinajstić information content (AvgIpc) is 2.46. The van der Waals surface area contributed by atoms with E-state index in [1.807, 2.05) is 0 Å². The minimum atomic E-state index is -3.85. The molecule has 1 fully saturated rings. The van der Waals surface area contributed by atoms with Crippen LogP contribution in [0.5, 0.6) is 0 Å². The molecule has 112 valence electrons. The zero-order valence-electron chi connectivity index (χ0n) is 11.5. The number of nitrogens with zero attached hydrogens (tertiary/aromatic N) is 2. The van der Waals surface area contributed by atoms with Gasteiger partial charge in [0.25, 0.3) is 10.0 Å². The predicted octanol–water partition coefficient (Wildman–Crippen LogP) is 1.37. The lowest BCUT2D eigenvalue weighted by Gasteiger charge is -2.25. The van der Waals surface area contributed by atoms with Crippen molar-refractivity contribution in [2.45, 2.75) is 36.8 Å². The van der Waals surface area contributed by atoms with Crippen LogP contribution in [0.2, 0.25) is 0 Å². The van der Waals surface area contributed by atoms with Crippen LogP contribution in [0.15, 0.2) is 23.4 Å². The van der Waals surface area contributed by atoms with Gasteiger partial charge in [-0.2, -0.15) is 4.31 Å². The summed E-state index contributed by atoms with van der Waals surface area (Å²) in [7, 11) is -2.39. The first-order valence-electron chi connectivity index (χ1n) is 6.82. The number of halogens is 1. The Balaban J connectivity index is 2.00. The second kappa shape index (κ2) is 6.60. The van der Waals surface area contributed by atoms with E-state index in [-0.39, 0.29) is 0 Å². The number of hydrogen-bond donors (Lipinski definition) is 1. The molecule has 1 aliphatic rings. The van der Waals surface area contributed by atoms with E-state index in [9.17, 15) is 12.8 Å². The molecule has 0 spiro atoms. The lowest BCUT2D eigenvalue weighted by atomic mass is 10.0. The fourth-order valence-electron chi connectivity index (χ4n) is 2.34. The van der Waals surface area contributed by atoms with Gasteiger partial charge in [-0.3, -0.25) is 0 Å². The SMILES string of the molecule is CN(CCC1CCCCN1)S(=O)(=O)c1ncccc1F. The van der Waals surface area contributed by atoms with Crippen LogP contribution in [0.1, 0.15) is 25.7 Å². The molecule has 0 saturated carbocycles. The van der Waals surface area contributed by atoms with E-state index >= 15 is 0 Å². The highest BCUT2D eigenvalue weighted by molar-refractivity contribution is 7.89. The molecule has 0 aliphatic carbocycles. The Morgan fingerprint density at radius 2 is 2.30 bits per heavy atom. The maximum absolute atomic E-state index is 13.6. The van der Waals surface area contributed by atoms with Gasteiger partial charge in [-0.15, -0.1) is 0 Å². The maximum Gasteiger partial charge on any atom is 0.263 e. The Hall–Kier alpha value is -1.05. The van der Waals surface area contributed by atoms with Crippen LogP contribution in [0, 0.1) is 5.82 Å². The van der Waals surface area contributed by atoms with Gasteiger partial charge in [0, 0.05) is 25.8 Å². The summed E-state index contributed by atoms with van der Waals surface area (Å²) in [6.07, 6.45) is 5.41. The first-order chi connectivity index (χ1) is 9.51. The van der Waals surface area contributed by atoms with Crippen molar-refractivity contribution >= 4 is 10.0 Å². The quantitative estimate of drug-likeness (QED) is 0.892. The van der Waals surface area contributed by atoms with Crippen molar-refractivity contribution in [2.75, 3.05) is 20.1 Å². The second-order valence-corrected chi connectivity index (χ2v) is 7.01. The van der Waals surface area contributed by atoms with Crippen molar-refractivity contribution in [3.05, 3.63) is 24.1 Å². The number of hydrogen-bond acceptors (Lipinski definition) is 4. The number of piperidine rings is 1.